The maximum Gasteiger partial charge on any atom is 0.174 e. The molecule has 0 aliphatic heterocycles. The molecule has 124 valence electrons. The van der Waals surface area contributed by atoms with Crippen molar-refractivity contribution in [3.8, 4) is 0 Å². The zero-order chi connectivity index (χ0) is 16.9. The normalized spacial score (nSPS) is 11.9. The molecule has 3 nitrogen and oxygen atoms in total. The fourth-order valence-corrected chi connectivity index (χ4v) is 3.69. The van der Waals surface area contributed by atoms with Gasteiger partial charge in [0, 0.05) is 10.6 Å². The molecule has 0 aliphatic carbocycles. The fourth-order valence-electron chi connectivity index (χ4n) is 2.56. The molecular formula is C19H20N2OS2. The van der Waals surface area contributed by atoms with E-state index in [-0.39, 0.29) is 6.04 Å². The molecule has 5 heteroatoms. The highest BCUT2D eigenvalue weighted by atomic mass is 32.1. The fraction of sp³-hybridized carbons (Fsp3) is 0.211. The summed E-state index contributed by atoms with van der Waals surface area (Å²) >= 11 is 7.44. The van der Waals surface area contributed by atoms with Crippen LogP contribution in [-0.2, 0) is 6.54 Å². The zero-order valence-electron chi connectivity index (χ0n) is 13.7. The first-order chi connectivity index (χ1) is 11.6. The Balaban J connectivity index is 1.81. The van der Waals surface area contributed by atoms with Gasteiger partial charge in [-0.05, 0) is 67.3 Å². The van der Waals surface area contributed by atoms with Crippen LogP contribution < -0.4 is 5.32 Å². The quantitative estimate of drug-likeness (QED) is 0.602. The summed E-state index contributed by atoms with van der Waals surface area (Å²) in [6.07, 6.45) is 1.69. The zero-order valence-corrected chi connectivity index (χ0v) is 15.4. The molecule has 2 heterocycles. The van der Waals surface area contributed by atoms with Gasteiger partial charge in [-0.2, -0.15) is 0 Å². The van der Waals surface area contributed by atoms with Crippen molar-refractivity contribution >= 4 is 34.4 Å². The number of nitrogens with zero attached hydrogens (tertiary/aromatic N) is 1. The molecule has 0 saturated heterocycles. The Bertz CT molecular complexity index is 782. The summed E-state index contributed by atoms with van der Waals surface area (Å²) in [6.45, 7) is 4.87. The highest BCUT2D eigenvalue weighted by Gasteiger charge is 2.21. The van der Waals surface area contributed by atoms with Gasteiger partial charge >= 0.3 is 0 Å². The van der Waals surface area contributed by atoms with Crippen molar-refractivity contribution in [1.29, 1.82) is 0 Å². The van der Waals surface area contributed by atoms with Crippen molar-refractivity contribution in [2.75, 3.05) is 5.32 Å². The number of anilines is 1. The van der Waals surface area contributed by atoms with Gasteiger partial charge in [0.1, 0.15) is 5.76 Å². The van der Waals surface area contributed by atoms with Crippen LogP contribution in [0, 0.1) is 6.92 Å². The van der Waals surface area contributed by atoms with Gasteiger partial charge in [-0.15, -0.1) is 11.3 Å². The topological polar surface area (TPSA) is 28.4 Å². The van der Waals surface area contributed by atoms with Gasteiger partial charge < -0.3 is 14.6 Å². The number of aryl methyl sites for hydroxylation is 1. The highest BCUT2D eigenvalue weighted by Crippen LogP contribution is 2.27. The van der Waals surface area contributed by atoms with Crippen LogP contribution in [0.3, 0.4) is 0 Å². The lowest BCUT2D eigenvalue weighted by Crippen LogP contribution is -2.36. The molecule has 0 spiro atoms. The van der Waals surface area contributed by atoms with Crippen LogP contribution in [0.15, 0.2) is 64.6 Å². The third-order valence-electron chi connectivity index (χ3n) is 3.86. The van der Waals surface area contributed by atoms with Gasteiger partial charge in [-0.25, -0.2) is 0 Å². The van der Waals surface area contributed by atoms with Crippen LogP contribution >= 0.6 is 23.6 Å². The predicted molar refractivity (Wildman–Crippen MR) is 104 cm³/mol. The minimum Gasteiger partial charge on any atom is -0.467 e. The molecule has 1 atom stereocenters. The maximum absolute atomic E-state index is 5.70. The van der Waals surface area contributed by atoms with Gasteiger partial charge in [0.05, 0.1) is 18.8 Å². The Morgan fingerprint density at radius 2 is 2.12 bits per heavy atom. The highest BCUT2D eigenvalue weighted by molar-refractivity contribution is 7.80. The number of thiocarbonyl (C=S) groups is 1. The number of benzene rings is 1. The van der Waals surface area contributed by atoms with Crippen LogP contribution in [0.2, 0.25) is 0 Å². The molecule has 1 aromatic carbocycles. The lowest BCUT2D eigenvalue weighted by atomic mass is 10.2. The molecule has 0 amide bonds. The van der Waals surface area contributed by atoms with Crippen LogP contribution in [-0.4, -0.2) is 10.0 Å². The van der Waals surface area contributed by atoms with Crippen molar-refractivity contribution in [3.63, 3.8) is 0 Å². The molecule has 24 heavy (non-hydrogen) atoms. The van der Waals surface area contributed by atoms with Gasteiger partial charge in [0.15, 0.2) is 5.11 Å². The van der Waals surface area contributed by atoms with Gasteiger partial charge in [-0.3, -0.25) is 0 Å². The molecule has 0 radical (unpaired) electrons. The summed E-state index contributed by atoms with van der Waals surface area (Å²) in [6, 6.07) is 16.5. The Morgan fingerprint density at radius 1 is 1.25 bits per heavy atom. The van der Waals surface area contributed by atoms with E-state index in [1.54, 1.807) is 17.6 Å². The average Bonchev–Trinajstić information content (AvgIpc) is 3.25. The number of furan rings is 1. The standard InChI is InChI=1S/C19H20N2OS2/c1-14-6-3-7-16(12-14)20-19(23)21(13-17-8-4-10-22-17)15(2)18-9-5-11-24-18/h3-12,15H,13H2,1-2H3,(H,20,23)/t15-/m1/s1. The van der Waals surface area contributed by atoms with E-state index >= 15 is 0 Å². The smallest absolute Gasteiger partial charge is 0.174 e. The molecule has 0 unspecified atom stereocenters. The van der Waals surface area contributed by atoms with E-state index in [4.69, 9.17) is 16.6 Å². The van der Waals surface area contributed by atoms with Crippen molar-refractivity contribution < 1.29 is 4.42 Å². The van der Waals surface area contributed by atoms with E-state index < -0.39 is 0 Å². The minimum absolute atomic E-state index is 0.167. The summed E-state index contributed by atoms with van der Waals surface area (Å²) in [4.78, 5) is 3.43. The average molecular weight is 357 g/mol. The van der Waals surface area contributed by atoms with Crippen molar-refractivity contribution in [3.05, 3.63) is 76.4 Å². The van der Waals surface area contributed by atoms with E-state index in [1.165, 1.54) is 10.4 Å². The first-order valence-electron chi connectivity index (χ1n) is 7.83. The van der Waals surface area contributed by atoms with Gasteiger partial charge in [0.25, 0.3) is 0 Å². The Hall–Kier alpha value is -2.11. The number of rotatable bonds is 5. The lowest BCUT2D eigenvalue weighted by molar-refractivity contribution is 0.306. The number of thiophene rings is 1. The maximum atomic E-state index is 5.70. The van der Waals surface area contributed by atoms with Crippen LogP contribution in [0.1, 0.15) is 29.2 Å². The Kier molecular flexibility index (Phi) is 5.33. The molecule has 0 aliphatic rings. The number of nitrogens with one attached hydrogen (secondary N) is 1. The minimum atomic E-state index is 0.167. The second-order valence-electron chi connectivity index (χ2n) is 5.70. The molecule has 0 fully saturated rings. The Labute approximate surface area is 151 Å². The molecule has 1 N–H and O–H groups in total. The second-order valence-corrected chi connectivity index (χ2v) is 7.06. The van der Waals surface area contributed by atoms with E-state index in [0.717, 1.165) is 11.4 Å². The predicted octanol–water partition coefficient (Wildman–Crippen LogP) is 5.61. The third kappa shape index (κ3) is 4.04. The first-order valence-corrected chi connectivity index (χ1v) is 9.12. The van der Waals surface area contributed by atoms with Gasteiger partial charge in [-0.1, -0.05) is 18.2 Å². The molecule has 3 rings (SSSR count). The van der Waals surface area contributed by atoms with E-state index in [2.05, 4.69) is 53.7 Å². The molecule has 0 bridgehead atoms. The summed E-state index contributed by atoms with van der Waals surface area (Å²) in [7, 11) is 0. The lowest BCUT2D eigenvalue weighted by Gasteiger charge is -2.30. The molecule has 0 saturated carbocycles. The van der Waals surface area contributed by atoms with Crippen LogP contribution in [0.25, 0.3) is 0 Å². The third-order valence-corrected chi connectivity index (χ3v) is 5.24. The van der Waals surface area contributed by atoms with Gasteiger partial charge in [0.2, 0.25) is 0 Å². The SMILES string of the molecule is Cc1cccc(NC(=S)N(Cc2ccco2)[C@H](C)c2cccs2)c1. The van der Waals surface area contributed by atoms with E-state index in [9.17, 15) is 0 Å². The first kappa shape index (κ1) is 16.7. The molecular weight excluding hydrogens is 336 g/mol. The van der Waals surface area contributed by atoms with Crippen LogP contribution in [0.4, 0.5) is 5.69 Å². The summed E-state index contributed by atoms with van der Waals surface area (Å²) in [5, 5.41) is 6.14. The van der Waals surface area contributed by atoms with E-state index in [1.807, 2.05) is 24.3 Å². The second kappa shape index (κ2) is 7.64. The summed E-state index contributed by atoms with van der Waals surface area (Å²) < 4.78 is 5.53. The number of hydrogen-bond acceptors (Lipinski definition) is 3. The van der Waals surface area contributed by atoms with Crippen molar-refractivity contribution in [1.82, 2.24) is 4.90 Å². The summed E-state index contributed by atoms with van der Waals surface area (Å²) in [5.74, 6) is 0.895. The summed E-state index contributed by atoms with van der Waals surface area (Å²) in [5.41, 5.74) is 2.20. The van der Waals surface area contributed by atoms with Crippen molar-refractivity contribution in [2.24, 2.45) is 0 Å². The monoisotopic (exact) mass is 356 g/mol. The van der Waals surface area contributed by atoms with Crippen LogP contribution in [0.5, 0.6) is 0 Å². The molecule has 2 aromatic heterocycles. The number of hydrogen-bond donors (Lipinski definition) is 1. The van der Waals surface area contributed by atoms with Crippen molar-refractivity contribution in [2.45, 2.75) is 26.4 Å². The van der Waals surface area contributed by atoms with E-state index in [0.29, 0.717) is 11.7 Å². The molecule has 3 aromatic rings. The Morgan fingerprint density at radius 3 is 2.79 bits per heavy atom. The largest absolute Gasteiger partial charge is 0.467 e.